The molecule has 0 heterocycles. The second kappa shape index (κ2) is 8.92. The Labute approximate surface area is 98.6 Å². The van der Waals surface area contributed by atoms with Crippen LogP contribution in [0.25, 0.3) is 0 Å². The fraction of sp³-hybridized carbons (Fsp3) is 1.00. The van der Waals surface area contributed by atoms with Gasteiger partial charge in [0, 0.05) is 13.7 Å². The SMILES string of the molecule is COCCOCCS(=O)(=O)NCCC(C)C. The van der Waals surface area contributed by atoms with Gasteiger partial charge in [0.15, 0.2) is 0 Å². The van der Waals surface area contributed by atoms with Crippen LogP contribution in [0.1, 0.15) is 20.3 Å². The van der Waals surface area contributed by atoms with Crippen molar-refractivity contribution in [1.82, 2.24) is 4.72 Å². The lowest BCUT2D eigenvalue weighted by atomic mass is 10.1. The van der Waals surface area contributed by atoms with Crippen LogP contribution in [0.5, 0.6) is 0 Å². The molecule has 0 aliphatic carbocycles. The van der Waals surface area contributed by atoms with Crippen LogP contribution >= 0.6 is 0 Å². The van der Waals surface area contributed by atoms with Crippen LogP contribution < -0.4 is 4.72 Å². The molecule has 98 valence electrons. The molecule has 0 aromatic heterocycles. The molecule has 0 aliphatic rings. The van der Waals surface area contributed by atoms with Gasteiger partial charge in [-0.2, -0.15) is 0 Å². The topological polar surface area (TPSA) is 64.6 Å². The fourth-order valence-corrected chi connectivity index (χ4v) is 1.90. The zero-order valence-electron chi connectivity index (χ0n) is 10.4. The van der Waals surface area contributed by atoms with E-state index in [0.717, 1.165) is 6.42 Å². The van der Waals surface area contributed by atoms with Gasteiger partial charge < -0.3 is 9.47 Å². The number of sulfonamides is 1. The first kappa shape index (κ1) is 15.8. The molecular formula is C10H23NO4S. The summed E-state index contributed by atoms with van der Waals surface area (Å²) in [7, 11) is -1.60. The van der Waals surface area contributed by atoms with Crippen molar-refractivity contribution in [2.24, 2.45) is 5.92 Å². The Kier molecular flexibility index (Phi) is 8.83. The highest BCUT2D eigenvalue weighted by Gasteiger charge is 2.09. The van der Waals surface area contributed by atoms with Crippen LogP contribution in [0, 0.1) is 5.92 Å². The molecule has 0 spiro atoms. The van der Waals surface area contributed by atoms with Crippen LogP contribution in [-0.4, -0.2) is 47.6 Å². The summed E-state index contributed by atoms with van der Waals surface area (Å²) in [6.07, 6.45) is 0.851. The molecule has 0 aromatic carbocycles. The second-order valence-electron chi connectivity index (χ2n) is 4.00. The normalized spacial score (nSPS) is 12.2. The van der Waals surface area contributed by atoms with E-state index < -0.39 is 10.0 Å². The molecule has 0 aromatic rings. The van der Waals surface area contributed by atoms with Gasteiger partial charge in [-0.05, 0) is 12.3 Å². The molecule has 5 nitrogen and oxygen atoms in total. The average molecular weight is 253 g/mol. The summed E-state index contributed by atoms with van der Waals surface area (Å²) >= 11 is 0. The fourth-order valence-electron chi connectivity index (χ4n) is 0.988. The zero-order chi connectivity index (χ0) is 12.4. The van der Waals surface area contributed by atoms with Crippen molar-refractivity contribution in [1.29, 1.82) is 0 Å². The molecule has 1 N–H and O–H groups in total. The Balaban J connectivity index is 3.55. The van der Waals surface area contributed by atoms with Gasteiger partial charge in [-0.1, -0.05) is 13.8 Å². The highest BCUT2D eigenvalue weighted by molar-refractivity contribution is 7.89. The summed E-state index contributed by atoms with van der Waals surface area (Å²) in [6.45, 7) is 5.74. The maximum absolute atomic E-state index is 11.4. The van der Waals surface area contributed by atoms with Gasteiger partial charge in [-0.15, -0.1) is 0 Å². The monoisotopic (exact) mass is 253 g/mol. The van der Waals surface area contributed by atoms with E-state index in [9.17, 15) is 8.42 Å². The van der Waals surface area contributed by atoms with E-state index in [1.807, 2.05) is 0 Å². The maximum atomic E-state index is 11.4. The minimum absolute atomic E-state index is 0.00874. The maximum Gasteiger partial charge on any atom is 0.213 e. The molecule has 0 bridgehead atoms. The highest BCUT2D eigenvalue weighted by Crippen LogP contribution is 1.97. The number of hydrogen-bond donors (Lipinski definition) is 1. The molecule has 0 rings (SSSR count). The van der Waals surface area contributed by atoms with Crippen LogP contribution in [0.15, 0.2) is 0 Å². The van der Waals surface area contributed by atoms with Crippen molar-refractivity contribution >= 4 is 10.0 Å². The quantitative estimate of drug-likeness (QED) is 0.580. The molecule has 0 atom stereocenters. The predicted molar refractivity (Wildman–Crippen MR) is 63.9 cm³/mol. The van der Waals surface area contributed by atoms with Gasteiger partial charge in [0.2, 0.25) is 10.0 Å². The summed E-state index contributed by atoms with van der Waals surface area (Å²) in [5, 5.41) is 0. The first-order valence-corrected chi connectivity index (χ1v) is 7.17. The number of methoxy groups -OCH3 is 1. The molecule has 0 amide bonds. The predicted octanol–water partition coefficient (Wildman–Crippen LogP) is 0.615. The van der Waals surface area contributed by atoms with E-state index in [4.69, 9.17) is 9.47 Å². The molecule has 6 heteroatoms. The van der Waals surface area contributed by atoms with Crippen molar-refractivity contribution in [3.05, 3.63) is 0 Å². The lowest BCUT2D eigenvalue weighted by molar-refractivity contribution is 0.0784. The number of nitrogens with one attached hydrogen (secondary N) is 1. The summed E-state index contributed by atoms with van der Waals surface area (Å²) in [4.78, 5) is 0. The largest absolute Gasteiger partial charge is 0.382 e. The van der Waals surface area contributed by atoms with Crippen LogP contribution in [0.2, 0.25) is 0 Å². The first-order valence-electron chi connectivity index (χ1n) is 5.52. The Morgan fingerprint density at radius 2 is 1.88 bits per heavy atom. The van der Waals surface area contributed by atoms with Crippen molar-refractivity contribution < 1.29 is 17.9 Å². The lowest BCUT2D eigenvalue weighted by Crippen LogP contribution is -2.30. The smallest absolute Gasteiger partial charge is 0.213 e. The summed E-state index contributed by atoms with van der Waals surface area (Å²) in [6, 6.07) is 0. The van der Waals surface area contributed by atoms with Gasteiger partial charge in [-0.3, -0.25) is 0 Å². The summed E-state index contributed by atoms with van der Waals surface area (Å²) in [5.41, 5.74) is 0. The minimum atomic E-state index is -3.18. The Morgan fingerprint density at radius 3 is 2.44 bits per heavy atom. The molecule has 0 unspecified atom stereocenters. The van der Waals surface area contributed by atoms with Gasteiger partial charge in [-0.25, -0.2) is 13.1 Å². The van der Waals surface area contributed by atoms with Crippen molar-refractivity contribution in [3.63, 3.8) is 0 Å². The van der Waals surface area contributed by atoms with Crippen LogP contribution in [-0.2, 0) is 19.5 Å². The molecule has 0 saturated carbocycles. The minimum Gasteiger partial charge on any atom is -0.382 e. The van der Waals surface area contributed by atoms with Crippen LogP contribution in [0.3, 0.4) is 0 Å². The molecule has 0 saturated heterocycles. The van der Waals surface area contributed by atoms with E-state index in [2.05, 4.69) is 18.6 Å². The third kappa shape index (κ3) is 10.4. The Bertz CT molecular complexity index is 252. The van der Waals surface area contributed by atoms with Gasteiger partial charge in [0.25, 0.3) is 0 Å². The summed E-state index contributed by atoms with van der Waals surface area (Å²) in [5.74, 6) is 0.509. The lowest BCUT2D eigenvalue weighted by Gasteiger charge is -2.08. The van der Waals surface area contributed by atoms with E-state index in [1.165, 1.54) is 0 Å². The summed E-state index contributed by atoms with van der Waals surface area (Å²) < 4.78 is 35.3. The van der Waals surface area contributed by atoms with Gasteiger partial charge >= 0.3 is 0 Å². The second-order valence-corrected chi connectivity index (χ2v) is 5.93. The third-order valence-corrected chi connectivity index (χ3v) is 3.32. The molecular weight excluding hydrogens is 230 g/mol. The highest BCUT2D eigenvalue weighted by atomic mass is 32.2. The number of rotatable bonds is 10. The number of hydrogen-bond acceptors (Lipinski definition) is 4. The molecule has 0 fully saturated rings. The third-order valence-electron chi connectivity index (χ3n) is 1.97. The van der Waals surface area contributed by atoms with E-state index in [-0.39, 0.29) is 12.4 Å². The van der Waals surface area contributed by atoms with Crippen molar-refractivity contribution in [2.45, 2.75) is 20.3 Å². The van der Waals surface area contributed by atoms with Crippen LogP contribution in [0.4, 0.5) is 0 Å². The van der Waals surface area contributed by atoms with Crippen molar-refractivity contribution in [3.8, 4) is 0 Å². The van der Waals surface area contributed by atoms with Gasteiger partial charge in [0.1, 0.15) is 0 Å². The number of ether oxygens (including phenoxy) is 2. The first-order chi connectivity index (χ1) is 7.48. The van der Waals surface area contributed by atoms with E-state index in [1.54, 1.807) is 7.11 Å². The molecule has 0 aliphatic heterocycles. The molecule has 0 radical (unpaired) electrons. The average Bonchev–Trinajstić information content (AvgIpc) is 2.16. The van der Waals surface area contributed by atoms with Crippen molar-refractivity contribution in [2.75, 3.05) is 39.2 Å². The Morgan fingerprint density at radius 1 is 1.19 bits per heavy atom. The van der Waals surface area contributed by atoms with E-state index in [0.29, 0.717) is 25.7 Å². The van der Waals surface area contributed by atoms with Gasteiger partial charge in [0.05, 0.1) is 25.6 Å². The molecule has 16 heavy (non-hydrogen) atoms. The Hall–Kier alpha value is -0.170. The zero-order valence-corrected chi connectivity index (χ0v) is 11.2. The van der Waals surface area contributed by atoms with E-state index >= 15 is 0 Å². The standard InChI is InChI=1S/C10H23NO4S/c1-10(2)4-5-11-16(12,13)9-8-15-7-6-14-3/h10-11H,4-9H2,1-3H3.